The van der Waals surface area contributed by atoms with Crippen LogP contribution in [0.4, 0.5) is 20.3 Å². The molecular weight excluding hydrogens is 420 g/mol. The molecule has 0 radical (unpaired) electrons. The Kier molecular flexibility index (Phi) is 6.93. The third-order valence-electron chi connectivity index (χ3n) is 4.43. The highest BCUT2D eigenvalue weighted by atomic mass is 32.2. The van der Waals surface area contributed by atoms with Gasteiger partial charge >= 0.3 is 0 Å². The number of hydrogen-bond donors (Lipinski definition) is 2. The van der Waals surface area contributed by atoms with Gasteiger partial charge in [-0.25, -0.2) is 22.2 Å². The van der Waals surface area contributed by atoms with Crippen LogP contribution in [0.3, 0.4) is 0 Å². The summed E-state index contributed by atoms with van der Waals surface area (Å²) >= 11 is 5.04. The summed E-state index contributed by atoms with van der Waals surface area (Å²) in [5.74, 6) is -0.797. The quantitative estimate of drug-likeness (QED) is 0.662. The van der Waals surface area contributed by atoms with Gasteiger partial charge in [-0.15, -0.1) is 0 Å². The van der Waals surface area contributed by atoms with Crippen molar-refractivity contribution in [2.75, 3.05) is 48.7 Å². The van der Waals surface area contributed by atoms with Gasteiger partial charge in [0.05, 0.1) is 11.4 Å². The number of thiocarbonyl (C=S) groups is 1. The Hall–Kier alpha value is -2.37. The molecule has 3 rings (SSSR count). The minimum atomic E-state index is -3.46. The van der Waals surface area contributed by atoms with Gasteiger partial charge in [-0.3, -0.25) is 0 Å². The molecule has 0 saturated carbocycles. The molecule has 1 fully saturated rings. The number of nitrogens with zero attached hydrogens (tertiary/aromatic N) is 3. The van der Waals surface area contributed by atoms with E-state index in [9.17, 15) is 17.2 Å². The lowest BCUT2D eigenvalue weighted by molar-refractivity contribution is 0.384. The number of nitrogens with one attached hydrogen (secondary N) is 2. The summed E-state index contributed by atoms with van der Waals surface area (Å²) in [6.45, 7) is 1.95. The van der Waals surface area contributed by atoms with Crippen LogP contribution in [0, 0.1) is 11.6 Å². The van der Waals surface area contributed by atoms with Gasteiger partial charge in [-0.05, 0) is 36.5 Å². The summed E-state index contributed by atoms with van der Waals surface area (Å²) in [7, 11) is -3.46. The summed E-state index contributed by atoms with van der Waals surface area (Å²) in [4.78, 5) is 6.33. The van der Waals surface area contributed by atoms with Crippen LogP contribution in [0.5, 0.6) is 0 Å². The van der Waals surface area contributed by atoms with Gasteiger partial charge in [0.15, 0.2) is 5.11 Å². The summed E-state index contributed by atoms with van der Waals surface area (Å²) in [5, 5.41) is 5.38. The number of rotatable bonds is 6. The first-order valence-corrected chi connectivity index (χ1v) is 11.0. The van der Waals surface area contributed by atoms with Crippen molar-refractivity contribution in [3.63, 3.8) is 0 Å². The highest BCUT2D eigenvalue weighted by molar-refractivity contribution is 7.89. The van der Waals surface area contributed by atoms with Crippen LogP contribution < -0.4 is 15.5 Å². The normalized spacial score (nSPS) is 15.2. The van der Waals surface area contributed by atoms with Crippen LogP contribution in [0.2, 0.25) is 0 Å². The predicted molar refractivity (Wildman–Crippen MR) is 112 cm³/mol. The summed E-state index contributed by atoms with van der Waals surface area (Å²) in [6.07, 6.45) is 1.71. The van der Waals surface area contributed by atoms with Crippen LogP contribution in [-0.2, 0) is 10.0 Å². The molecule has 156 valence electrons. The van der Waals surface area contributed by atoms with E-state index in [2.05, 4.69) is 15.6 Å². The van der Waals surface area contributed by atoms with Crippen LogP contribution in [-0.4, -0.2) is 61.3 Å². The van der Waals surface area contributed by atoms with Crippen molar-refractivity contribution in [1.29, 1.82) is 0 Å². The number of halogens is 2. The van der Waals surface area contributed by atoms with E-state index in [1.807, 2.05) is 23.1 Å². The molecule has 29 heavy (non-hydrogen) atoms. The van der Waals surface area contributed by atoms with Crippen molar-refractivity contribution in [2.45, 2.75) is 0 Å². The van der Waals surface area contributed by atoms with Crippen molar-refractivity contribution in [3.8, 4) is 0 Å². The molecule has 11 heteroatoms. The van der Waals surface area contributed by atoms with E-state index in [1.165, 1.54) is 10.4 Å². The minimum Gasteiger partial charge on any atom is -0.361 e. The van der Waals surface area contributed by atoms with Crippen molar-refractivity contribution < 1.29 is 17.2 Å². The monoisotopic (exact) mass is 441 g/mol. The zero-order valence-electron chi connectivity index (χ0n) is 15.5. The molecule has 0 atom stereocenters. The van der Waals surface area contributed by atoms with Crippen molar-refractivity contribution >= 4 is 38.9 Å². The standard InChI is InChI=1S/C18H21F2N5O2S2/c19-14-4-5-16(15(20)13-14)23-18(28)22-7-12-29(26,27)25-10-8-24(9-11-25)17-3-1-2-6-21-17/h1-6,13H,7-12H2,(H2,22,23,28). The third kappa shape index (κ3) is 5.81. The summed E-state index contributed by atoms with van der Waals surface area (Å²) in [6, 6.07) is 8.68. The first-order chi connectivity index (χ1) is 13.8. The number of pyridine rings is 1. The fraction of sp³-hybridized carbons (Fsp3) is 0.333. The Bertz CT molecular complexity index is 952. The highest BCUT2D eigenvalue weighted by Crippen LogP contribution is 2.16. The molecular formula is C18H21F2N5O2S2. The second kappa shape index (κ2) is 9.42. The number of hydrogen-bond acceptors (Lipinski definition) is 5. The van der Waals surface area contributed by atoms with E-state index in [-0.39, 0.29) is 23.1 Å². The average molecular weight is 442 g/mol. The van der Waals surface area contributed by atoms with Gasteiger partial charge in [-0.1, -0.05) is 6.07 Å². The van der Waals surface area contributed by atoms with E-state index < -0.39 is 21.7 Å². The number of anilines is 2. The smallest absolute Gasteiger partial charge is 0.215 e. The molecule has 0 unspecified atom stereocenters. The molecule has 0 bridgehead atoms. The molecule has 2 N–H and O–H groups in total. The SMILES string of the molecule is O=S(=O)(CCNC(=S)Nc1ccc(F)cc1F)N1CCN(c2ccccn2)CC1. The largest absolute Gasteiger partial charge is 0.361 e. The van der Waals surface area contributed by atoms with Crippen LogP contribution in [0.15, 0.2) is 42.6 Å². The van der Waals surface area contributed by atoms with Crippen LogP contribution >= 0.6 is 12.2 Å². The minimum absolute atomic E-state index is 0.0115. The van der Waals surface area contributed by atoms with Gasteiger partial charge in [0.2, 0.25) is 10.0 Å². The first-order valence-electron chi connectivity index (χ1n) is 8.99. The van der Waals surface area contributed by atoms with E-state index in [4.69, 9.17) is 12.2 Å². The Labute approximate surface area is 173 Å². The van der Waals surface area contributed by atoms with Crippen molar-refractivity contribution in [1.82, 2.24) is 14.6 Å². The molecule has 1 aromatic heterocycles. The average Bonchev–Trinajstić information content (AvgIpc) is 2.71. The maximum atomic E-state index is 13.6. The zero-order valence-corrected chi connectivity index (χ0v) is 17.1. The van der Waals surface area contributed by atoms with Crippen LogP contribution in [0.25, 0.3) is 0 Å². The highest BCUT2D eigenvalue weighted by Gasteiger charge is 2.27. The molecule has 2 aromatic rings. The lowest BCUT2D eigenvalue weighted by Crippen LogP contribution is -2.50. The number of sulfonamides is 1. The molecule has 1 aromatic carbocycles. The van der Waals surface area contributed by atoms with Gasteiger partial charge in [0.1, 0.15) is 17.5 Å². The fourth-order valence-electron chi connectivity index (χ4n) is 2.92. The van der Waals surface area contributed by atoms with E-state index in [0.29, 0.717) is 26.2 Å². The Morgan fingerprint density at radius 2 is 1.90 bits per heavy atom. The molecule has 1 aliphatic rings. The summed E-state index contributed by atoms with van der Waals surface area (Å²) in [5.41, 5.74) is 0.0115. The molecule has 0 amide bonds. The first kappa shape index (κ1) is 21.3. The molecule has 0 spiro atoms. The molecule has 2 heterocycles. The zero-order chi connectivity index (χ0) is 20.9. The predicted octanol–water partition coefficient (Wildman–Crippen LogP) is 1.80. The van der Waals surface area contributed by atoms with Crippen molar-refractivity contribution in [3.05, 3.63) is 54.2 Å². The van der Waals surface area contributed by atoms with Gasteiger partial charge in [-0.2, -0.15) is 4.31 Å². The van der Waals surface area contributed by atoms with E-state index in [0.717, 1.165) is 18.0 Å². The van der Waals surface area contributed by atoms with E-state index in [1.54, 1.807) is 6.20 Å². The second-order valence-corrected chi connectivity index (χ2v) is 8.89. The summed E-state index contributed by atoms with van der Waals surface area (Å²) < 4.78 is 53.1. The lowest BCUT2D eigenvalue weighted by atomic mass is 10.3. The van der Waals surface area contributed by atoms with Gasteiger partial charge in [0.25, 0.3) is 0 Å². The number of benzene rings is 1. The second-order valence-electron chi connectivity index (χ2n) is 6.40. The molecule has 0 aliphatic carbocycles. The Balaban J connectivity index is 1.45. The number of piperazine rings is 1. The lowest BCUT2D eigenvalue weighted by Gasteiger charge is -2.34. The molecule has 1 aliphatic heterocycles. The van der Waals surface area contributed by atoms with Crippen LogP contribution in [0.1, 0.15) is 0 Å². The molecule has 7 nitrogen and oxygen atoms in total. The maximum Gasteiger partial charge on any atom is 0.215 e. The number of aromatic nitrogens is 1. The Morgan fingerprint density at radius 1 is 1.14 bits per heavy atom. The Morgan fingerprint density at radius 3 is 2.55 bits per heavy atom. The topological polar surface area (TPSA) is 77.6 Å². The fourth-order valence-corrected chi connectivity index (χ4v) is 4.47. The van der Waals surface area contributed by atoms with Crippen molar-refractivity contribution in [2.24, 2.45) is 0 Å². The molecule has 1 saturated heterocycles. The van der Waals surface area contributed by atoms with Gasteiger partial charge < -0.3 is 15.5 Å². The third-order valence-corrected chi connectivity index (χ3v) is 6.55. The maximum absolute atomic E-state index is 13.6. The van der Waals surface area contributed by atoms with Gasteiger partial charge in [0, 0.05) is 45.0 Å². The van der Waals surface area contributed by atoms with E-state index >= 15 is 0 Å².